The van der Waals surface area contributed by atoms with E-state index in [0.29, 0.717) is 22.9 Å². The summed E-state index contributed by atoms with van der Waals surface area (Å²) in [4.78, 5) is 19.6. The fourth-order valence-electron chi connectivity index (χ4n) is 3.59. The summed E-state index contributed by atoms with van der Waals surface area (Å²) in [5.41, 5.74) is 0.184. The van der Waals surface area contributed by atoms with Gasteiger partial charge >= 0.3 is 0 Å². The Balaban J connectivity index is 1.64. The van der Waals surface area contributed by atoms with Crippen molar-refractivity contribution in [1.82, 2.24) is 19.7 Å². The van der Waals surface area contributed by atoms with Crippen molar-refractivity contribution in [1.29, 1.82) is 0 Å². The molecule has 25 heavy (non-hydrogen) atoms. The molecule has 138 valence electrons. The number of H-pyrrole nitrogens is 1. The van der Waals surface area contributed by atoms with E-state index in [1.165, 1.54) is 6.42 Å². The molecule has 0 radical (unpaired) electrons. The summed E-state index contributed by atoms with van der Waals surface area (Å²) < 4.78 is 1.78. The Morgan fingerprint density at radius 1 is 1.36 bits per heavy atom. The SMILES string of the molecule is CC(C)(C)n1ncc2c(=O)[nH]c(NCCCC3CCCCC3O)nc21. The molecular weight excluding hydrogens is 318 g/mol. The lowest BCUT2D eigenvalue weighted by molar-refractivity contribution is 0.0648. The zero-order valence-electron chi connectivity index (χ0n) is 15.4. The van der Waals surface area contributed by atoms with Crippen molar-refractivity contribution in [3.63, 3.8) is 0 Å². The fraction of sp³-hybridized carbons (Fsp3) is 0.722. The van der Waals surface area contributed by atoms with Gasteiger partial charge in [0.1, 0.15) is 5.39 Å². The van der Waals surface area contributed by atoms with E-state index in [2.05, 4.69) is 20.4 Å². The van der Waals surface area contributed by atoms with Crippen LogP contribution in [0.15, 0.2) is 11.0 Å². The van der Waals surface area contributed by atoms with Crippen LogP contribution in [-0.2, 0) is 5.54 Å². The summed E-state index contributed by atoms with van der Waals surface area (Å²) in [5.74, 6) is 0.889. The van der Waals surface area contributed by atoms with Crippen molar-refractivity contribution in [2.45, 2.75) is 70.9 Å². The normalized spacial score (nSPS) is 21.6. The van der Waals surface area contributed by atoms with Crippen molar-refractivity contribution >= 4 is 17.0 Å². The Kier molecular flexibility index (Phi) is 5.13. The first kappa shape index (κ1) is 17.9. The third kappa shape index (κ3) is 4.03. The Morgan fingerprint density at radius 2 is 2.12 bits per heavy atom. The standard InChI is InChI=1S/C18H29N5O2/c1-18(2,3)23-15-13(11-20-23)16(25)22-17(21-15)19-10-6-8-12-7-4-5-9-14(12)24/h11-12,14,24H,4-10H2,1-3H3,(H2,19,21,22,25). The lowest BCUT2D eigenvalue weighted by Gasteiger charge is -2.27. The molecule has 0 aromatic carbocycles. The number of fused-ring (bicyclic) bond motifs is 1. The van der Waals surface area contributed by atoms with Crippen molar-refractivity contribution in [3.05, 3.63) is 16.6 Å². The first-order valence-corrected chi connectivity index (χ1v) is 9.27. The van der Waals surface area contributed by atoms with Crippen LogP contribution in [0.3, 0.4) is 0 Å². The van der Waals surface area contributed by atoms with Gasteiger partial charge in [0, 0.05) is 6.54 Å². The summed E-state index contributed by atoms with van der Waals surface area (Å²) >= 11 is 0. The van der Waals surface area contributed by atoms with E-state index < -0.39 is 0 Å². The molecule has 2 heterocycles. The maximum atomic E-state index is 12.2. The molecule has 0 aliphatic heterocycles. The minimum Gasteiger partial charge on any atom is -0.393 e. The molecule has 1 aliphatic carbocycles. The fourth-order valence-corrected chi connectivity index (χ4v) is 3.59. The van der Waals surface area contributed by atoms with Gasteiger partial charge in [0.25, 0.3) is 5.56 Å². The summed E-state index contributed by atoms with van der Waals surface area (Å²) in [6.07, 6.45) is 7.78. The van der Waals surface area contributed by atoms with Crippen LogP contribution in [0.25, 0.3) is 11.0 Å². The minimum absolute atomic E-state index is 0.149. The number of aromatic nitrogens is 4. The van der Waals surface area contributed by atoms with Gasteiger partial charge in [-0.05, 0) is 52.4 Å². The van der Waals surface area contributed by atoms with Crippen molar-refractivity contribution < 1.29 is 5.11 Å². The zero-order valence-corrected chi connectivity index (χ0v) is 15.4. The third-order valence-electron chi connectivity index (χ3n) is 4.99. The average molecular weight is 347 g/mol. The van der Waals surface area contributed by atoms with Crippen LogP contribution >= 0.6 is 0 Å². The molecule has 2 unspecified atom stereocenters. The Hall–Kier alpha value is -1.89. The molecule has 3 N–H and O–H groups in total. The van der Waals surface area contributed by atoms with Crippen LogP contribution in [0, 0.1) is 5.92 Å². The second kappa shape index (κ2) is 7.15. The van der Waals surface area contributed by atoms with Gasteiger partial charge < -0.3 is 10.4 Å². The number of rotatable bonds is 5. The smallest absolute Gasteiger partial charge is 0.263 e. The molecule has 1 aliphatic rings. The number of hydrogen-bond acceptors (Lipinski definition) is 5. The molecule has 0 saturated heterocycles. The number of nitrogens with zero attached hydrogens (tertiary/aromatic N) is 3. The van der Waals surface area contributed by atoms with E-state index in [1.807, 2.05) is 20.8 Å². The van der Waals surface area contributed by atoms with Gasteiger partial charge in [-0.1, -0.05) is 12.8 Å². The largest absolute Gasteiger partial charge is 0.393 e. The molecule has 3 rings (SSSR count). The second-order valence-electron chi connectivity index (χ2n) is 8.06. The van der Waals surface area contributed by atoms with Crippen LogP contribution in [0.4, 0.5) is 5.95 Å². The highest BCUT2D eigenvalue weighted by Crippen LogP contribution is 2.27. The summed E-state index contributed by atoms with van der Waals surface area (Å²) in [5, 5.41) is 18.1. The second-order valence-corrected chi connectivity index (χ2v) is 8.06. The van der Waals surface area contributed by atoms with Crippen molar-refractivity contribution in [2.24, 2.45) is 5.92 Å². The van der Waals surface area contributed by atoms with Crippen LogP contribution in [0.2, 0.25) is 0 Å². The third-order valence-corrected chi connectivity index (χ3v) is 4.99. The minimum atomic E-state index is -0.239. The van der Waals surface area contributed by atoms with Crippen LogP contribution < -0.4 is 10.9 Å². The quantitative estimate of drug-likeness (QED) is 0.723. The van der Waals surface area contributed by atoms with Gasteiger partial charge in [-0.25, -0.2) is 4.68 Å². The maximum absolute atomic E-state index is 12.2. The van der Waals surface area contributed by atoms with E-state index in [-0.39, 0.29) is 17.2 Å². The summed E-state index contributed by atoms with van der Waals surface area (Å²) in [6, 6.07) is 0. The molecule has 0 amide bonds. The molecule has 0 bridgehead atoms. The van der Waals surface area contributed by atoms with Crippen molar-refractivity contribution in [2.75, 3.05) is 11.9 Å². The number of hydrogen-bond donors (Lipinski definition) is 3. The lowest BCUT2D eigenvalue weighted by atomic mass is 9.83. The predicted octanol–water partition coefficient (Wildman–Crippen LogP) is 2.62. The number of aliphatic hydroxyl groups excluding tert-OH is 1. The Morgan fingerprint density at radius 3 is 2.84 bits per heavy atom. The molecule has 2 atom stereocenters. The molecule has 0 spiro atoms. The van der Waals surface area contributed by atoms with Gasteiger partial charge in [-0.2, -0.15) is 10.1 Å². The molecule has 2 aromatic rings. The summed E-state index contributed by atoms with van der Waals surface area (Å²) in [7, 11) is 0. The van der Waals surface area contributed by atoms with Gasteiger partial charge in [-0.3, -0.25) is 9.78 Å². The summed E-state index contributed by atoms with van der Waals surface area (Å²) in [6.45, 7) is 6.82. The average Bonchev–Trinajstić information content (AvgIpc) is 2.98. The van der Waals surface area contributed by atoms with Crippen LogP contribution in [-0.4, -0.2) is 37.5 Å². The number of aromatic amines is 1. The van der Waals surface area contributed by atoms with E-state index >= 15 is 0 Å². The topological polar surface area (TPSA) is 95.8 Å². The Bertz CT molecular complexity index is 774. The molecule has 2 aromatic heterocycles. The van der Waals surface area contributed by atoms with E-state index in [9.17, 15) is 9.90 Å². The first-order chi connectivity index (χ1) is 11.9. The number of anilines is 1. The van der Waals surface area contributed by atoms with E-state index in [4.69, 9.17) is 0 Å². The maximum Gasteiger partial charge on any atom is 0.263 e. The molecule has 7 heteroatoms. The molecule has 7 nitrogen and oxygen atoms in total. The van der Waals surface area contributed by atoms with Gasteiger partial charge in [-0.15, -0.1) is 0 Å². The van der Waals surface area contributed by atoms with E-state index in [0.717, 1.165) is 38.6 Å². The number of aliphatic hydroxyl groups is 1. The highest BCUT2D eigenvalue weighted by molar-refractivity contribution is 5.74. The van der Waals surface area contributed by atoms with Gasteiger partial charge in [0.15, 0.2) is 5.65 Å². The van der Waals surface area contributed by atoms with Gasteiger partial charge in [0.05, 0.1) is 17.8 Å². The van der Waals surface area contributed by atoms with Gasteiger partial charge in [0.2, 0.25) is 5.95 Å². The highest BCUT2D eigenvalue weighted by Gasteiger charge is 2.22. The molecule has 1 fully saturated rings. The van der Waals surface area contributed by atoms with Crippen LogP contribution in [0.5, 0.6) is 0 Å². The monoisotopic (exact) mass is 347 g/mol. The lowest BCUT2D eigenvalue weighted by Crippen LogP contribution is -2.25. The Labute approximate surface area is 147 Å². The number of nitrogens with one attached hydrogen (secondary N) is 2. The molecular formula is C18H29N5O2. The molecule has 1 saturated carbocycles. The van der Waals surface area contributed by atoms with Crippen molar-refractivity contribution in [3.8, 4) is 0 Å². The van der Waals surface area contributed by atoms with E-state index in [1.54, 1.807) is 10.9 Å². The highest BCUT2D eigenvalue weighted by atomic mass is 16.3. The first-order valence-electron chi connectivity index (χ1n) is 9.27. The zero-order chi connectivity index (χ0) is 18.0. The van der Waals surface area contributed by atoms with Crippen LogP contribution in [0.1, 0.15) is 59.3 Å². The predicted molar refractivity (Wildman–Crippen MR) is 98.8 cm³/mol.